The minimum atomic E-state index is -0.237. The normalized spacial score (nSPS) is 12.0. The summed E-state index contributed by atoms with van der Waals surface area (Å²) in [4.78, 5) is 18.0. The number of aromatic nitrogens is 2. The lowest BCUT2D eigenvalue weighted by Crippen LogP contribution is -2.30. The van der Waals surface area contributed by atoms with E-state index in [1.165, 1.54) is 21.9 Å². The minimum Gasteiger partial charge on any atom is -0.346 e. The molecule has 1 heterocycles. The van der Waals surface area contributed by atoms with Crippen molar-refractivity contribution in [3.8, 4) is 11.1 Å². The van der Waals surface area contributed by atoms with Crippen LogP contribution in [0.1, 0.15) is 29.9 Å². The highest BCUT2D eigenvalue weighted by Gasteiger charge is 2.19. The molecule has 0 bridgehead atoms. The van der Waals surface area contributed by atoms with Gasteiger partial charge < -0.3 is 9.88 Å². The van der Waals surface area contributed by atoms with Gasteiger partial charge in [0.05, 0.1) is 23.5 Å². The first-order chi connectivity index (χ1) is 18.6. The Labute approximate surface area is 222 Å². The van der Waals surface area contributed by atoms with Crippen LogP contribution < -0.4 is 5.32 Å². The predicted molar refractivity (Wildman–Crippen MR) is 155 cm³/mol. The van der Waals surface area contributed by atoms with E-state index in [9.17, 15) is 4.79 Å². The molecule has 1 aromatic heterocycles. The highest BCUT2D eigenvalue weighted by Crippen LogP contribution is 2.24. The van der Waals surface area contributed by atoms with Crippen molar-refractivity contribution in [3.63, 3.8) is 0 Å². The lowest BCUT2D eigenvalue weighted by atomic mass is 10.0. The molecule has 6 aromatic rings. The maximum absolute atomic E-state index is 13.0. The fourth-order valence-corrected chi connectivity index (χ4v) is 5.10. The van der Waals surface area contributed by atoms with E-state index >= 15 is 0 Å². The topological polar surface area (TPSA) is 46.9 Å². The zero-order valence-corrected chi connectivity index (χ0v) is 21.3. The second-order valence-corrected chi connectivity index (χ2v) is 9.76. The van der Waals surface area contributed by atoms with Gasteiger partial charge in [0.1, 0.15) is 5.82 Å². The van der Waals surface area contributed by atoms with Crippen LogP contribution in [0, 0.1) is 0 Å². The van der Waals surface area contributed by atoms with Crippen molar-refractivity contribution in [1.29, 1.82) is 0 Å². The molecular weight excluding hydrogens is 466 g/mol. The highest BCUT2D eigenvalue weighted by molar-refractivity contribution is 5.83. The number of nitrogens with one attached hydrogen (secondary N) is 1. The second kappa shape index (κ2) is 10.3. The second-order valence-electron chi connectivity index (χ2n) is 9.76. The molecule has 38 heavy (non-hydrogen) atoms. The van der Waals surface area contributed by atoms with Crippen molar-refractivity contribution in [1.82, 2.24) is 14.9 Å². The third-order valence-corrected chi connectivity index (χ3v) is 7.03. The summed E-state index contributed by atoms with van der Waals surface area (Å²) in [5.74, 6) is 0.835. The molecule has 0 radical (unpaired) electrons. The van der Waals surface area contributed by atoms with E-state index in [-0.39, 0.29) is 11.9 Å². The lowest BCUT2D eigenvalue weighted by Gasteiger charge is -2.17. The maximum Gasteiger partial charge on any atom is 0.224 e. The summed E-state index contributed by atoms with van der Waals surface area (Å²) >= 11 is 0. The largest absolute Gasteiger partial charge is 0.346 e. The quantitative estimate of drug-likeness (QED) is 0.252. The average molecular weight is 496 g/mol. The van der Waals surface area contributed by atoms with Gasteiger partial charge in [0.2, 0.25) is 5.91 Å². The average Bonchev–Trinajstić information content (AvgIpc) is 3.32. The molecule has 0 spiro atoms. The Hall–Kier alpha value is -4.70. The fraction of sp³-hybridized carbons (Fsp3) is 0.118. The Balaban J connectivity index is 1.21. The van der Waals surface area contributed by atoms with Gasteiger partial charge in [-0.25, -0.2) is 4.98 Å². The van der Waals surface area contributed by atoms with Gasteiger partial charge in [0, 0.05) is 6.54 Å². The fourth-order valence-electron chi connectivity index (χ4n) is 5.10. The number of nitrogens with zero attached hydrogens (tertiary/aromatic N) is 2. The van der Waals surface area contributed by atoms with Crippen molar-refractivity contribution < 1.29 is 4.79 Å². The summed E-state index contributed by atoms with van der Waals surface area (Å²) in [7, 11) is 0. The van der Waals surface area contributed by atoms with E-state index in [2.05, 4.69) is 82.7 Å². The van der Waals surface area contributed by atoms with Crippen LogP contribution in [0.25, 0.3) is 32.9 Å². The lowest BCUT2D eigenvalue weighted by molar-refractivity contribution is -0.121. The first-order valence-electron chi connectivity index (χ1n) is 13.0. The van der Waals surface area contributed by atoms with Crippen LogP contribution in [0.4, 0.5) is 0 Å². The van der Waals surface area contributed by atoms with E-state index in [0.29, 0.717) is 13.0 Å². The Morgan fingerprint density at radius 3 is 2.21 bits per heavy atom. The summed E-state index contributed by atoms with van der Waals surface area (Å²) in [5, 5.41) is 5.63. The van der Waals surface area contributed by atoms with Gasteiger partial charge in [-0.2, -0.15) is 0 Å². The number of rotatable bonds is 7. The molecule has 0 aliphatic carbocycles. The zero-order valence-electron chi connectivity index (χ0n) is 21.3. The number of benzene rings is 5. The number of amides is 1. The maximum atomic E-state index is 13.0. The van der Waals surface area contributed by atoms with E-state index in [1.54, 1.807) is 0 Å². The van der Waals surface area contributed by atoms with Crippen LogP contribution in [0.3, 0.4) is 0 Å². The highest BCUT2D eigenvalue weighted by atomic mass is 16.1. The van der Waals surface area contributed by atoms with E-state index in [4.69, 9.17) is 4.98 Å². The molecule has 1 amide bonds. The number of hydrogen-bond donors (Lipinski definition) is 1. The van der Waals surface area contributed by atoms with E-state index < -0.39 is 0 Å². The Morgan fingerprint density at radius 1 is 0.737 bits per heavy atom. The Kier molecular flexibility index (Phi) is 6.45. The van der Waals surface area contributed by atoms with Crippen LogP contribution in [-0.2, 0) is 17.8 Å². The predicted octanol–water partition coefficient (Wildman–Crippen LogP) is 7.32. The first-order valence-corrected chi connectivity index (χ1v) is 13.0. The van der Waals surface area contributed by atoms with Crippen LogP contribution >= 0.6 is 0 Å². The summed E-state index contributed by atoms with van der Waals surface area (Å²) in [6, 6.07) is 41.3. The summed E-state index contributed by atoms with van der Waals surface area (Å²) < 4.78 is 2.22. The summed E-state index contributed by atoms with van der Waals surface area (Å²) in [6.45, 7) is 2.69. The van der Waals surface area contributed by atoms with Gasteiger partial charge in [-0.15, -0.1) is 0 Å². The number of fused-ring (bicyclic) bond motifs is 2. The molecular formula is C34H29N3O. The Bertz CT molecular complexity index is 1720. The van der Waals surface area contributed by atoms with Crippen LogP contribution in [0.15, 0.2) is 121 Å². The first kappa shape index (κ1) is 23.7. The van der Waals surface area contributed by atoms with E-state index in [1.807, 2.05) is 55.5 Å². The zero-order chi connectivity index (χ0) is 25.9. The molecule has 1 N–H and O–H groups in total. The van der Waals surface area contributed by atoms with Crippen molar-refractivity contribution in [2.24, 2.45) is 0 Å². The molecule has 1 atom stereocenters. The van der Waals surface area contributed by atoms with Gasteiger partial charge >= 0.3 is 0 Å². The monoisotopic (exact) mass is 495 g/mol. The minimum absolute atomic E-state index is 0.0192. The third kappa shape index (κ3) is 4.94. The van der Waals surface area contributed by atoms with Crippen molar-refractivity contribution in [2.75, 3.05) is 0 Å². The van der Waals surface area contributed by atoms with Crippen molar-refractivity contribution >= 4 is 27.7 Å². The number of carbonyl (C=O) groups is 1. The molecule has 6 rings (SSSR count). The molecule has 1 unspecified atom stereocenters. The third-order valence-electron chi connectivity index (χ3n) is 7.03. The smallest absolute Gasteiger partial charge is 0.224 e. The molecule has 0 saturated carbocycles. The molecule has 0 saturated heterocycles. The van der Waals surface area contributed by atoms with Gasteiger partial charge in [0.25, 0.3) is 0 Å². The van der Waals surface area contributed by atoms with E-state index in [0.717, 1.165) is 28.0 Å². The van der Waals surface area contributed by atoms with Gasteiger partial charge in [0.15, 0.2) is 0 Å². The number of para-hydroxylation sites is 2. The molecule has 0 fully saturated rings. The van der Waals surface area contributed by atoms with Gasteiger partial charge in [-0.05, 0) is 58.1 Å². The molecule has 4 heteroatoms. The van der Waals surface area contributed by atoms with Crippen molar-refractivity contribution in [3.05, 3.63) is 138 Å². The Morgan fingerprint density at radius 2 is 1.39 bits per heavy atom. The molecule has 5 aromatic carbocycles. The van der Waals surface area contributed by atoms with Crippen molar-refractivity contribution in [2.45, 2.75) is 25.9 Å². The van der Waals surface area contributed by atoms with Gasteiger partial charge in [-0.1, -0.05) is 103 Å². The summed E-state index contributed by atoms with van der Waals surface area (Å²) in [5.41, 5.74) is 6.49. The SMILES string of the molecule is CC(NC(=O)Cc1ccc(-c2ccccc2)cc1)c1nc2ccccc2n1Cc1ccc2ccccc2c1. The molecule has 0 aliphatic rings. The standard InChI is InChI=1S/C34H29N3O/c1-24(35-33(38)22-25-15-18-29(19-16-25)27-9-3-2-4-10-27)34-36-31-13-7-8-14-32(31)37(34)23-26-17-20-28-11-5-6-12-30(28)21-26/h2-21,24H,22-23H2,1H3,(H,35,38). The molecule has 0 aliphatic heterocycles. The number of hydrogen-bond acceptors (Lipinski definition) is 2. The molecule has 4 nitrogen and oxygen atoms in total. The van der Waals surface area contributed by atoms with Crippen LogP contribution in [0.2, 0.25) is 0 Å². The number of imidazole rings is 1. The molecule has 186 valence electrons. The van der Waals surface area contributed by atoms with Crippen LogP contribution in [-0.4, -0.2) is 15.5 Å². The number of carbonyl (C=O) groups excluding carboxylic acids is 1. The van der Waals surface area contributed by atoms with Crippen LogP contribution in [0.5, 0.6) is 0 Å². The van der Waals surface area contributed by atoms with Gasteiger partial charge in [-0.3, -0.25) is 4.79 Å². The summed E-state index contributed by atoms with van der Waals surface area (Å²) in [6.07, 6.45) is 0.324.